The predicted octanol–water partition coefficient (Wildman–Crippen LogP) is 1.07. The minimum Gasteiger partial charge on any atom is -0.354 e. The lowest BCUT2D eigenvalue weighted by atomic mass is 10.4. The van der Waals surface area contributed by atoms with Gasteiger partial charge in [0.15, 0.2) is 10.4 Å². The summed E-state index contributed by atoms with van der Waals surface area (Å²) in [4.78, 5) is 15.4. The summed E-state index contributed by atoms with van der Waals surface area (Å²) in [6.07, 6.45) is 0. The standard InChI is InChI=1S/C6H6BrIN4O/c1-9-5(13)3-4(8)11-6(7)12(3)10-2/h2H2,1H3,(H,9,13). The van der Waals surface area contributed by atoms with Gasteiger partial charge >= 0.3 is 0 Å². The average molecular weight is 357 g/mol. The minimum absolute atomic E-state index is 0.241. The van der Waals surface area contributed by atoms with Crippen molar-refractivity contribution in [1.82, 2.24) is 15.0 Å². The lowest BCUT2D eigenvalue weighted by Gasteiger charge is -2.00. The number of aromatic nitrogens is 2. The molecule has 0 radical (unpaired) electrons. The van der Waals surface area contributed by atoms with Crippen LogP contribution in [-0.4, -0.2) is 29.3 Å². The van der Waals surface area contributed by atoms with E-state index in [1.165, 1.54) is 4.68 Å². The number of hydrogen-bond acceptors (Lipinski definition) is 3. The molecular formula is C6H6BrIN4O. The van der Waals surface area contributed by atoms with Crippen molar-refractivity contribution >= 4 is 51.1 Å². The zero-order valence-electron chi connectivity index (χ0n) is 6.71. The zero-order chi connectivity index (χ0) is 10.0. The summed E-state index contributed by atoms with van der Waals surface area (Å²) >= 11 is 5.12. The van der Waals surface area contributed by atoms with Gasteiger partial charge in [-0.3, -0.25) is 4.79 Å². The summed E-state index contributed by atoms with van der Waals surface area (Å²) in [5, 5.41) is 6.15. The van der Waals surface area contributed by atoms with Crippen molar-refractivity contribution in [3.05, 3.63) is 14.1 Å². The maximum atomic E-state index is 11.3. The van der Waals surface area contributed by atoms with Gasteiger partial charge in [0.25, 0.3) is 5.91 Å². The van der Waals surface area contributed by atoms with Crippen LogP contribution in [0.2, 0.25) is 0 Å². The lowest BCUT2D eigenvalue weighted by Crippen LogP contribution is -2.21. The fourth-order valence-electron chi connectivity index (χ4n) is 0.798. The Balaban J connectivity index is 3.32. The molecule has 70 valence electrons. The van der Waals surface area contributed by atoms with E-state index >= 15 is 0 Å². The second-order valence-electron chi connectivity index (χ2n) is 2.05. The van der Waals surface area contributed by atoms with Crippen LogP contribution in [0.3, 0.4) is 0 Å². The molecule has 0 atom stereocenters. The highest BCUT2D eigenvalue weighted by Gasteiger charge is 2.18. The molecule has 13 heavy (non-hydrogen) atoms. The van der Waals surface area contributed by atoms with Crippen LogP contribution in [-0.2, 0) is 0 Å². The molecule has 5 nitrogen and oxygen atoms in total. The first-order valence-electron chi connectivity index (χ1n) is 3.24. The molecule has 0 bridgehead atoms. The van der Waals surface area contributed by atoms with Gasteiger partial charge in [-0.25, -0.2) is 9.66 Å². The molecule has 0 aromatic carbocycles. The number of halogens is 2. The number of carbonyl (C=O) groups excluding carboxylic acids is 1. The Morgan fingerprint density at radius 1 is 1.85 bits per heavy atom. The van der Waals surface area contributed by atoms with Crippen LogP contribution in [0.15, 0.2) is 9.84 Å². The van der Waals surface area contributed by atoms with Crippen molar-refractivity contribution in [3.63, 3.8) is 0 Å². The van der Waals surface area contributed by atoms with Gasteiger partial charge in [0.2, 0.25) is 0 Å². The first-order valence-corrected chi connectivity index (χ1v) is 5.11. The SMILES string of the molecule is C=Nn1c(Br)nc(I)c1C(=O)NC. The van der Waals surface area contributed by atoms with Crippen LogP contribution >= 0.6 is 38.5 Å². The van der Waals surface area contributed by atoms with E-state index in [0.29, 0.717) is 14.1 Å². The molecule has 1 aromatic rings. The van der Waals surface area contributed by atoms with Crippen LogP contribution < -0.4 is 5.32 Å². The number of imidazole rings is 1. The summed E-state index contributed by atoms with van der Waals surface area (Å²) in [6.45, 7) is 3.34. The molecule has 0 aliphatic rings. The summed E-state index contributed by atoms with van der Waals surface area (Å²) in [5.74, 6) is -0.241. The topological polar surface area (TPSA) is 59.3 Å². The maximum absolute atomic E-state index is 11.3. The van der Waals surface area contributed by atoms with Crippen LogP contribution in [0.1, 0.15) is 10.5 Å². The number of carbonyl (C=O) groups is 1. The highest BCUT2D eigenvalue weighted by atomic mass is 127. The molecule has 0 saturated carbocycles. The fraction of sp³-hybridized carbons (Fsp3) is 0.167. The monoisotopic (exact) mass is 356 g/mol. The Bertz CT molecular complexity index is 362. The second kappa shape index (κ2) is 4.18. The Labute approximate surface area is 96.9 Å². The van der Waals surface area contributed by atoms with Gasteiger partial charge in [0.05, 0.1) is 0 Å². The molecule has 0 saturated heterocycles. The van der Waals surface area contributed by atoms with Crippen molar-refractivity contribution in [3.8, 4) is 0 Å². The highest BCUT2D eigenvalue weighted by molar-refractivity contribution is 14.1. The van der Waals surface area contributed by atoms with Gasteiger partial charge in [-0.2, -0.15) is 5.10 Å². The summed E-state index contributed by atoms with van der Waals surface area (Å²) in [6, 6.07) is 0. The third kappa shape index (κ3) is 1.90. The molecule has 0 fully saturated rings. The van der Waals surface area contributed by atoms with Crippen LogP contribution in [0.4, 0.5) is 0 Å². The second-order valence-corrected chi connectivity index (χ2v) is 3.78. The number of nitrogens with one attached hydrogen (secondary N) is 1. The van der Waals surface area contributed by atoms with Crippen LogP contribution in [0, 0.1) is 3.70 Å². The normalized spacial score (nSPS) is 9.77. The predicted molar refractivity (Wildman–Crippen MR) is 61.0 cm³/mol. The summed E-state index contributed by atoms with van der Waals surface area (Å²) in [7, 11) is 1.55. The Hall–Kier alpha value is -0.440. The van der Waals surface area contributed by atoms with E-state index in [4.69, 9.17) is 0 Å². The van der Waals surface area contributed by atoms with Crippen molar-refractivity contribution in [2.24, 2.45) is 5.10 Å². The molecule has 1 amide bonds. The van der Waals surface area contributed by atoms with E-state index in [1.807, 2.05) is 22.6 Å². The quantitative estimate of drug-likeness (QED) is 0.636. The van der Waals surface area contributed by atoms with Crippen molar-refractivity contribution in [2.75, 3.05) is 7.05 Å². The van der Waals surface area contributed by atoms with E-state index in [2.05, 4.69) is 38.0 Å². The first-order chi connectivity index (χ1) is 6.11. The molecule has 0 aliphatic carbocycles. The summed E-state index contributed by atoms with van der Waals surface area (Å²) in [5.41, 5.74) is 0.380. The maximum Gasteiger partial charge on any atom is 0.272 e. The molecule has 1 aromatic heterocycles. The van der Waals surface area contributed by atoms with Crippen LogP contribution in [0.5, 0.6) is 0 Å². The van der Waals surface area contributed by atoms with E-state index in [9.17, 15) is 4.79 Å². The molecule has 0 spiro atoms. The van der Waals surface area contributed by atoms with Crippen molar-refractivity contribution < 1.29 is 4.79 Å². The molecular weight excluding hydrogens is 351 g/mol. The number of rotatable bonds is 2. The van der Waals surface area contributed by atoms with Gasteiger partial charge in [0.1, 0.15) is 3.70 Å². The Morgan fingerprint density at radius 3 is 2.92 bits per heavy atom. The van der Waals surface area contributed by atoms with Gasteiger partial charge in [-0.1, -0.05) is 0 Å². The number of amides is 1. The number of nitrogens with zero attached hydrogens (tertiary/aromatic N) is 3. The van der Waals surface area contributed by atoms with Crippen molar-refractivity contribution in [1.29, 1.82) is 0 Å². The Kier molecular flexibility index (Phi) is 3.42. The zero-order valence-corrected chi connectivity index (χ0v) is 10.5. The van der Waals surface area contributed by atoms with Crippen LogP contribution in [0.25, 0.3) is 0 Å². The lowest BCUT2D eigenvalue weighted by molar-refractivity contribution is 0.0953. The van der Waals surface area contributed by atoms with Gasteiger partial charge in [-0.05, 0) is 38.5 Å². The smallest absolute Gasteiger partial charge is 0.272 e. The molecule has 0 unspecified atom stereocenters. The first kappa shape index (κ1) is 10.6. The van der Waals surface area contributed by atoms with E-state index in [-0.39, 0.29) is 5.91 Å². The third-order valence-electron chi connectivity index (χ3n) is 1.36. The fourth-order valence-corrected chi connectivity index (χ4v) is 2.30. The van der Waals surface area contributed by atoms with E-state index < -0.39 is 0 Å². The highest BCUT2D eigenvalue weighted by Crippen LogP contribution is 2.18. The third-order valence-corrected chi connectivity index (χ3v) is 2.62. The summed E-state index contributed by atoms with van der Waals surface area (Å²) < 4.78 is 2.38. The molecule has 1 heterocycles. The number of hydrogen-bond donors (Lipinski definition) is 1. The van der Waals surface area contributed by atoms with Gasteiger partial charge in [-0.15, -0.1) is 0 Å². The Morgan fingerprint density at radius 2 is 2.46 bits per heavy atom. The molecule has 7 heteroatoms. The van der Waals surface area contributed by atoms with Gasteiger partial charge < -0.3 is 5.32 Å². The van der Waals surface area contributed by atoms with Crippen molar-refractivity contribution in [2.45, 2.75) is 0 Å². The van der Waals surface area contributed by atoms with Gasteiger partial charge in [0, 0.05) is 13.8 Å². The van der Waals surface area contributed by atoms with E-state index in [0.717, 1.165) is 0 Å². The molecule has 1 N–H and O–H groups in total. The largest absolute Gasteiger partial charge is 0.354 e. The minimum atomic E-state index is -0.241. The molecule has 0 aliphatic heterocycles. The molecule has 1 rings (SSSR count). The van der Waals surface area contributed by atoms with E-state index in [1.54, 1.807) is 7.05 Å². The average Bonchev–Trinajstić information content (AvgIpc) is 2.39.